The molecule has 2 aromatic heterocycles. The number of carbonyl (C=O) groups is 1. The number of nitrogens with one attached hydrogen (secondary N) is 1. The summed E-state index contributed by atoms with van der Waals surface area (Å²) in [4.78, 5) is 14.7. The molecule has 1 N–H and O–H groups in total. The van der Waals surface area contributed by atoms with Crippen LogP contribution in [0.4, 0.5) is 0 Å². The Kier molecular flexibility index (Phi) is 4.19. The number of amides is 1. The number of furan rings is 1. The molecule has 3 heterocycles. The van der Waals surface area contributed by atoms with Gasteiger partial charge in [0.2, 0.25) is 0 Å². The van der Waals surface area contributed by atoms with Gasteiger partial charge in [0.05, 0.1) is 18.9 Å². The molecular weight excluding hydrogens is 386 g/mol. The summed E-state index contributed by atoms with van der Waals surface area (Å²) in [6.07, 6.45) is 1.61. The van der Waals surface area contributed by atoms with Crippen molar-refractivity contribution >= 4 is 21.8 Å². The van der Waals surface area contributed by atoms with Gasteiger partial charge in [-0.15, -0.1) is 0 Å². The van der Waals surface area contributed by atoms with Crippen LogP contribution in [0.5, 0.6) is 0 Å². The smallest absolute Gasteiger partial charge is 0.275 e. The molecule has 128 valence electrons. The number of carbonyl (C=O) groups excluding carboxylic acids is 1. The van der Waals surface area contributed by atoms with Crippen molar-refractivity contribution in [2.75, 3.05) is 20.3 Å². The molecule has 3 aromatic rings. The number of nitrogens with zero attached hydrogens (tertiary/aromatic N) is 2. The molecule has 1 aliphatic heterocycles. The van der Waals surface area contributed by atoms with Gasteiger partial charge in [0.25, 0.3) is 5.91 Å². The van der Waals surface area contributed by atoms with E-state index in [0.717, 1.165) is 21.3 Å². The second kappa shape index (κ2) is 6.50. The van der Waals surface area contributed by atoms with E-state index in [1.807, 2.05) is 36.4 Å². The lowest BCUT2D eigenvalue weighted by Gasteiger charge is -2.26. The first-order chi connectivity index (χ1) is 12.2. The molecule has 1 amide bonds. The molecule has 6 nitrogen and oxygen atoms in total. The molecular formula is C18H16BrN3O3. The molecule has 25 heavy (non-hydrogen) atoms. The van der Waals surface area contributed by atoms with Gasteiger partial charge < -0.3 is 14.1 Å². The summed E-state index contributed by atoms with van der Waals surface area (Å²) < 4.78 is 11.7. The number of aromatic amines is 1. The van der Waals surface area contributed by atoms with Crippen molar-refractivity contribution in [3.8, 4) is 11.5 Å². The van der Waals surface area contributed by atoms with Crippen molar-refractivity contribution in [2.24, 2.45) is 0 Å². The summed E-state index contributed by atoms with van der Waals surface area (Å²) in [5.41, 5.74) is 3.04. The number of aromatic nitrogens is 2. The quantitative estimate of drug-likeness (QED) is 0.708. The fourth-order valence-corrected chi connectivity index (χ4v) is 3.47. The predicted octanol–water partition coefficient (Wildman–Crippen LogP) is 3.62. The highest BCUT2D eigenvalue weighted by atomic mass is 79.9. The molecule has 0 radical (unpaired) electrons. The van der Waals surface area contributed by atoms with Gasteiger partial charge in [-0.05, 0) is 29.8 Å². The number of hydrogen-bond donors (Lipinski definition) is 1. The van der Waals surface area contributed by atoms with Crippen LogP contribution in [0.2, 0.25) is 0 Å². The van der Waals surface area contributed by atoms with Gasteiger partial charge in [-0.2, -0.15) is 5.10 Å². The van der Waals surface area contributed by atoms with E-state index in [-0.39, 0.29) is 11.9 Å². The predicted molar refractivity (Wildman–Crippen MR) is 95.2 cm³/mol. The highest BCUT2D eigenvalue weighted by Gasteiger charge is 2.42. The monoisotopic (exact) mass is 401 g/mol. The SMILES string of the molecule is COCCN1C(=O)c2n[nH]c(-c3ccco3)c2[C@@H]1c1ccc(Br)cc1. The molecule has 0 fully saturated rings. The van der Waals surface area contributed by atoms with Gasteiger partial charge in [-0.25, -0.2) is 0 Å². The zero-order valence-electron chi connectivity index (χ0n) is 13.5. The van der Waals surface area contributed by atoms with Crippen molar-refractivity contribution in [1.29, 1.82) is 0 Å². The van der Waals surface area contributed by atoms with E-state index in [9.17, 15) is 4.79 Å². The third-order valence-corrected chi connectivity index (χ3v) is 4.87. The van der Waals surface area contributed by atoms with Crippen molar-refractivity contribution in [3.05, 3.63) is 64.0 Å². The Morgan fingerprint density at radius 1 is 1.32 bits per heavy atom. The third kappa shape index (κ3) is 2.69. The largest absolute Gasteiger partial charge is 0.463 e. The number of methoxy groups -OCH3 is 1. The number of halogens is 1. The first-order valence-corrected chi connectivity index (χ1v) is 8.67. The second-order valence-electron chi connectivity index (χ2n) is 5.78. The van der Waals surface area contributed by atoms with Crippen molar-refractivity contribution in [3.63, 3.8) is 0 Å². The molecule has 0 saturated heterocycles. The number of rotatable bonds is 5. The number of H-pyrrole nitrogens is 1. The molecule has 1 aromatic carbocycles. The number of ether oxygens (including phenoxy) is 1. The lowest BCUT2D eigenvalue weighted by molar-refractivity contribution is 0.0677. The summed E-state index contributed by atoms with van der Waals surface area (Å²) >= 11 is 3.46. The summed E-state index contributed by atoms with van der Waals surface area (Å²) in [5, 5.41) is 7.22. The van der Waals surface area contributed by atoms with Crippen LogP contribution in [0.3, 0.4) is 0 Å². The van der Waals surface area contributed by atoms with E-state index in [1.54, 1.807) is 18.3 Å². The minimum absolute atomic E-state index is 0.103. The summed E-state index contributed by atoms with van der Waals surface area (Å²) in [6.45, 7) is 0.951. The Labute approximate surface area is 152 Å². The second-order valence-corrected chi connectivity index (χ2v) is 6.70. The van der Waals surface area contributed by atoms with Gasteiger partial charge in [0, 0.05) is 23.7 Å². The van der Waals surface area contributed by atoms with Crippen LogP contribution in [0.1, 0.15) is 27.7 Å². The topological polar surface area (TPSA) is 71.4 Å². The van der Waals surface area contributed by atoms with Gasteiger partial charge >= 0.3 is 0 Å². The van der Waals surface area contributed by atoms with Crippen LogP contribution in [-0.4, -0.2) is 41.3 Å². The maximum absolute atomic E-state index is 12.9. The Hall–Kier alpha value is -2.38. The lowest BCUT2D eigenvalue weighted by Crippen LogP contribution is -2.32. The van der Waals surface area contributed by atoms with Crippen molar-refractivity contribution in [1.82, 2.24) is 15.1 Å². The molecule has 4 rings (SSSR count). The van der Waals surface area contributed by atoms with Crippen LogP contribution < -0.4 is 0 Å². The van der Waals surface area contributed by atoms with Crippen molar-refractivity contribution < 1.29 is 13.9 Å². The Morgan fingerprint density at radius 2 is 2.12 bits per heavy atom. The molecule has 1 atom stereocenters. The minimum atomic E-state index is -0.232. The first kappa shape index (κ1) is 16.1. The van der Waals surface area contributed by atoms with E-state index in [2.05, 4.69) is 26.1 Å². The standard InChI is InChI=1S/C18H16BrN3O3/c1-24-10-8-22-17(11-4-6-12(19)7-5-11)14-15(13-3-2-9-25-13)20-21-16(14)18(22)23/h2-7,9,17H,8,10H2,1H3,(H,20,21)/t17-/m0/s1. The molecule has 0 unspecified atom stereocenters. The number of fused-ring (bicyclic) bond motifs is 1. The molecule has 0 spiro atoms. The molecule has 1 aliphatic rings. The van der Waals surface area contributed by atoms with Crippen LogP contribution in [0.25, 0.3) is 11.5 Å². The van der Waals surface area contributed by atoms with E-state index < -0.39 is 0 Å². The summed E-state index contributed by atoms with van der Waals surface area (Å²) in [5.74, 6) is 0.561. The maximum Gasteiger partial charge on any atom is 0.275 e. The third-order valence-electron chi connectivity index (χ3n) is 4.34. The van der Waals surface area contributed by atoms with Gasteiger partial charge in [0.1, 0.15) is 5.69 Å². The normalized spacial score (nSPS) is 16.5. The maximum atomic E-state index is 12.9. The van der Waals surface area contributed by atoms with Crippen LogP contribution >= 0.6 is 15.9 Å². The van der Waals surface area contributed by atoms with Crippen LogP contribution in [-0.2, 0) is 4.74 Å². The van der Waals surface area contributed by atoms with Gasteiger partial charge in [-0.3, -0.25) is 9.89 Å². The van der Waals surface area contributed by atoms with E-state index in [4.69, 9.17) is 9.15 Å². The van der Waals surface area contributed by atoms with Crippen molar-refractivity contribution in [2.45, 2.75) is 6.04 Å². The zero-order valence-corrected chi connectivity index (χ0v) is 15.1. The van der Waals surface area contributed by atoms with Crippen LogP contribution in [0.15, 0.2) is 51.6 Å². The van der Waals surface area contributed by atoms with Gasteiger partial charge in [0.15, 0.2) is 11.5 Å². The number of hydrogen-bond acceptors (Lipinski definition) is 4. The van der Waals surface area contributed by atoms with E-state index in [0.29, 0.717) is 24.6 Å². The molecule has 7 heteroatoms. The average Bonchev–Trinajstić information content (AvgIpc) is 3.32. The Balaban J connectivity index is 1.85. The molecule has 0 bridgehead atoms. The fraction of sp³-hybridized carbons (Fsp3) is 0.222. The Morgan fingerprint density at radius 3 is 2.80 bits per heavy atom. The lowest BCUT2D eigenvalue weighted by atomic mass is 9.98. The average molecular weight is 402 g/mol. The zero-order chi connectivity index (χ0) is 17.4. The van der Waals surface area contributed by atoms with E-state index in [1.165, 1.54) is 0 Å². The summed E-state index contributed by atoms with van der Waals surface area (Å²) in [6, 6.07) is 11.4. The van der Waals surface area contributed by atoms with Crippen LogP contribution in [0, 0.1) is 0 Å². The summed E-state index contributed by atoms with van der Waals surface area (Å²) in [7, 11) is 1.63. The Bertz CT molecular complexity index is 887. The van der Waals surface area contributed by atoms with E-state index >= 15 is 0 Å². The minimum Gasteiger partial charge on any atom is -0.463 e. The highest BCUT2D eigenvalue weighted by Crippen LogP contribution is 2.42. The molecule has 0 aliphatic carbocycles. The fourth-order valence-electron chi connectivity index (χ4n) is 3.21. The van der Waals surface area contributed by atoms with Gasteiger partial charge in [-0.1, -0.05) is 28.1 Å². The highest BCUT2D eigenvalue weighted by molar-refractivity contribution is 9.10. The number of benzene rings is 1. The molecule has 0 saturated carbocycles. The first-order valence-electron chi connectivity index (χ1n) is 7.88.